The van der Waals surface area contributed by atoms with Crippen LogP contribution in [0.15, 0.2) is 11.6 Å². The zero-order valence-corrected chi connectivity index (χ0v) is 11.0. The normalized spacial score (nSPS) is 18.8. The number of nitrogens with zero attached hydrogens (tertiary/aromatic N) is 4. The Bertz CT molecular complexity index is 509. The van der Waals surface area contributed by atoms with Crippen LogP contribution < -0.4 is 5.32 Å². The molecule has 0 bridgehead atoms. The van der Waals surface area contributed by atoms with Gasteiger partial charge in [0.25, 0.3) is 0 Å². The van der Waals surface area contributed by atoms with Crippen molar-refractivity contribution in [3.63, 3.8) is 0 Å². The molecule has 18 heavy (non-hydrogen) atoms. The number of fused-ring (bicyclic) bond motifs is 1. The van der Waals surface area contributed by atoms with Crippen molar-refractivity contribution in [3.05, 3.63) is 28.0 Å². The van der Waals surface area contributed by atoms with Gasteiger partial charge in [0.1, 0.15) is 5.01 Å². The minimum absolute atomic E-state index is 0.151. The molecule has 2 aromatic rings. The second kappa shape index (κ2) is 5.13. The van der Waals surface area contributed by atoms with Crippen molar-refractivity contribution in [1.29, 1.82) is 0 Å². The molecule has 2 aromatic heterocycles. The molecule has 0 radical (unpaired) electrons. The van der Waals surface area contributed by atoms with E-state index in [0.717, 1.165) is 36.0 Å². The monoisotopic (exact) mass is 265 g/mol. The SMILES string of the molecule is Cc1nnn2c1CO[C@H](CNCc1nccs1)C2. The van der Waals surface area contributed by atoms with Gasteiger partial charge < -0.3 is 10.1 Å². The zero-order chi connectivity index (χ0) is 12.4. The number of ether oxygens (including phenoxy) is 1. The predicted molar refractivity (Wildman–Crippen MR) is 67.2 cm³/mol. The maximum Gasteiger partial charge on any atom is 0.106 e. The molecular weight excluding hydrogens is 250 g/mol. The lowest BCUT2D eigenvalue weighted by molar-refractivity contribution is 0.000691. The fourth-order valence-electron chi connectivity index (χ4n) is 1.99. The van der Waals surface area contributed by atoms with Crippen LogP contribution in [-0.2, 0) is 24.4 Å². The first-order valence-electron chi connectivity index (χ1n) is 5.92. The number of aryl methyl sites for hydroxylation is 1. The molecule has 0 saturated heterocycles. The standard InChI is InChI=1S/C11H15N5OS/c1-8-10-7-17-9(6-16(10)15-14-8)4-12-5-11-13-2-3-18-11/h2-3,9,12H,4-7H2,1H3/t9-/m1/s1. The Morgan fingerprint density at radius 2 is 2.56 bits per heavy atom. The molecule has 1 aliphatic rings. The highest BCUT2D eigenvalue weighted by molar-refractivity contribution is 7.09. The second-order valence-corrected chi connectivity index (χ2v) is 5.27. The largest absolute Gasteiger partial charge is 0.369 e. The van der Waals surface area contributed by atoms with Crippen LogP contribution in [0.4, 0.5) is 0 Å². The molecule has 6 nitrogen and oxygen atoms in total. The van der Waals surface area contributed by atoms with Crippen LogP contribution >= 0.6 is 11.3 Å². The van der Waals surface area contributed by atoms with Crippen molar-refractivity contribution in [1.82, 2.24) is 25.3 Å². The number of thiazole rings is 1. The first-order chi connectivity index (χ1) is 8.83. The highest BCUT2D eigenvalue weighted by Crippen LogP contribution is 2.14. The Labute approximate surface area is 109 Å². The first-order valence-corrected chi connectivity index (χ1v) is 6.80. The third-order valence-corrected chi connectivity index (χ3v) is 3.78. The maximum absolute atomic E-state index is 5.78. The molecule has 0 spiro atoms. The van der Waals surface area contributed by atoms with Gasteiger partial charge in [-0.2, -0.15) is 0 Å². The molecule has 0 fully saturated rings. The van der Waals surface area contributed by atoms with E-state index < -0.39 is 0 Å². The Hall–Kier alpha value is -1.31. The van der Waals surface area contributed by atoms with Crippen molar-refractivity contribution >= 4 is 11.3 Å². The predicted octanol–water partition coefficient (Wildman–Crippen LogP) is 0.732. The molecule has 3 heterocycles. The lowest BCUT2D eigenvalue weighted by atomic mass is 10.2. The van der Waals surface area contributed by atoms with Gasteiger partial charge in [-0.15, -0.1) is 16.4 Å². The van der Waals surface area contributed by atoms with Gasteiger partial charge >= 0.3 is 0 Å². The molecule has 0 amide bonds. The average molecular weight is 265 g/mol. The Morgan fingerprint density at radius 3 is 3.39 bits per heavy atom. The minimum Gasteiger partial charge on any atom is -0.369 e. The molecule has 7 heteroatoms. The van der Waals surface area contributed by atoms with Gasteiger partial charge in [0.05, 0.1) is 30.6 Å². The lowest BCUT2D eigenvalue weighted by Gasteiger charge is -2.24. The number of hydrogen-bond acceptors (Lipinski definition) is 6. The van der Waals surface area contributed by atoms with Crippen LogP contribution in [0.1, 0.15) is 16.4 Å². The van der Waals surface area contributed by atoms with E-state index in [1.165, 1.54) is 0 Å². The maximum atomic E-state index is 5.78. The number of hydrogen-bond donors (Lipinski definition) is 1. The summed E-state index contributed by atoms with van der Waals surface area (Å²) in [6, 6.07) is 0. The van der Waals surface area contributed by atoms with Gasteiger partial charge in [-0.1, -0.05) is 5.21 Å². The summed E-state index contributed by atoms with van der Waals surface area (Å²) in [5, 5.41) is 14.6. The first kappa shape index (κ1) is 11.8. The Kier molecular flexibility index (Phi) is 3.35. The molecule has 3 rings (SSSR count). The van der Waals surface area contributed by atoms with Crippen LogP contribution in [0.3, 0.4) is 0 Å². The Balaban J connectivity index is 1.50. The zero-order valence-electron chi connectivity index (χ0n) is 10.2. The van der Waals surface area contributed by atoms with Gasteiger partial charge in [0.15, 0.2) is 0 Å². The van der Waals surface area contributed by atoms with Crippen LogP contribution in [0.5, 0.6) is 0 Å². The van der Waals surface area contributed by atoms with E-state index in [9.17, 15) is 0 Å². The van der Waals surface area contributed by atoms with E-state index in [4.69, 9.17) is 4.74 Å². The fourth-order valence-corrected chi connectivity index (χ4v) is 2.58. The summed E-state index contributed by atoms with van der Waals surface area (Å²) in [5.41, 5.74) is 2.05. The average Bonchev–Trinajstić information content (AvgIpc) is 3.00. The smallest absolute Gasteiger partial charge is 0.106 e. The molecule has 0 aromatic carbocycles. The van der Waals surface area contributed by atoms with Gasteiger partial charge in [-0.25, -0.2) is 9.67 Å². The van der Waals surface area contributed by atoms with Crippen LogP contribution in [0, 0.1) is 6.92 Å². The van der Waals surface area contributed by atoms with Crippen LogP contribution in [0.25, 0.3) is 0 Å². The van der Waals surface area contributed by atoms with Gasteiger partial charge in [0, 0.05) is 24.7 Å². The fraction of sp³-hybridized carbons (Fsp3) is 0.545. The summed E-state index contributed by atoms with van der Waals surface area (Å²) in [6.07, 6.45) is 1.97. The summed E-state index contributed by atoms with van der Waals surface area (Å²) in [6.45, 7) is 4.92. The van der Waals surface area contributed by atoms with Gasteiger partial charge in [0.2, 0.25) is 0 Å². The molecule has 0 saturated carbocycles. The number of rotatable bonds is 4. The van der Waals surface area contributed by atoms with Crippen molar-refractivity contribution in [3.8, 4) is 0 Å². The highest BCUT2D eigenvalue weighted by atomic mass is 32.1. The molecule has 96 valence electrons. The van der Waals surface area contributed by atoms with E-state index in [-0.39, 0.29) is 6.10 Å². The summed E-state index contributed by atoms with van der Waals surface area (Å²) in [4.78, 5) is 4.23. The Morgan fingerprint density at radius 1 is 1.61 bits per heavy atom. The summed E-state index contributed by atoms with van der Waals surface area (Å²) >= 11 is 1.66. The van der Waals surface area contributed by atoms with E-state index in [1.807, 2.05) is 23.2 Å². The van der Waals surface area contributed by atoms with Gasteiger partial charge in [-0.05, 0) is 6.92 Å². The molecule has 1 N–H and O–H groups in total. The topological polar surface area (TPSA) is 64.9 Å². The molecule has 0 aliphatic carbocycles. The third-order valence-electron chi connectivity index (χ3n) is 3.00. The van der Waals surface area contributed by atoms with E-state index in [2.05, 4.69) is 20.6 Å². The molecule has 1 atom stereocenters. The second-order valence-electron chi connectivity index (χ2n) is 4.29. The van der Waals surface area contributed by atoms with Crippen molar-refractivity contribution < 1.29 is 4.74 Å². The van der Waals surface area contributed by atoms with Crippen LogP contribution in [0.2, 0.25) is 0 Å². The number of aromatic nitrogens is 4. The van der Waals surface area contributed by atoms with Crippen molar-refractivity contribution in [2.24, 2.45) is 0 Å². The molecule has 0 unspecified atom stereocenters. The van der Waals surface area contributed by atoms with E-state index in [0.29, 0.717) is 6.61 Å². The minimum atomic E-state index is 0.151. The molecular formula is C11H15N5OS. The van der Waals surface area contributed by atoms with Crippen LogP contribution in [-0.4, -0.2) is 32.6 Å². The summed E-state index contributed by atoms with van der Waals surface area (Å²) in [7, 11) is 0. The quantitative estimate of drug-likeness (QED) is 0.883. The van der Waals surface area contributed by atoms with E-state index >= 15 is 0 Å². The number of nitrogens with one attached hydrogen (secondary N) is 1. The lowest BCUT2D eigenvalue weighted by Crippen LogP contribution is -2.36. The van der Waals surface area contributed by atoms with E-state index in [1.54, 1.807) is 11.3 Å². The van der Waals surface area contributed by atoms with Crippen molar-refractivity contribution in [2.45, 2.75) is 32.7 Å². The van der Waals surface area contributed by atoms with Gasteiger partial charge in [-0.3, -0.25) is 0 Å². The highest BCUT2D eigenvalue weighted by Gasteiger charge is 2.21. The van der Waals surface area contributed by atoms with Crippen molar-refractivity contribution in [2.75, 3.05) is 6.54 Å². The molecule has 1 aliphatic heterocycles. The third kappa shape index (κ3) is 2.43. The summed E-state index contributed by atoms with van der Waals surface area (Å²) in [5.74, 6) is 0. The summed E-state index contributed by atoms with van der Waals surface area (Å²) < 4.78 is 7.72.